The largest absolute Gasteiger partial charge is 0.450 e. The second kappa shape index (κ2) is 5.12. The van der Waals surface area contributed by atoms with E-state index in [-0.39, 0.29) is 17.9 Å². The molecule has 0 aliphatic carbocycles. The Morgan fingerprint density at radius 2 is 2.31 bits per heavy atom. The Hall–Kier alpha value is -2.09. The number of rotatable bonds is 2. The minimum atomic E-state index is -0.706. The molecule has 84 valence electrons. The van der Waals surface area contributed by atoms with Gasteiger partial charge in [0.05, 0.1) is 17.9 Å². The maximum absolute atomic E-state index is 13.2. The summed E-state index contributed by atoms with van der Waals surface area (Å²) >= 11 is 0. The molecule has 0 spiro atoms. The monoisotopic (exact) mass is 222 g/mol. The van der Waals surface area contributed by atoms with Gasteiger partial charge in [-0.25, -0.2) is 9.18 Å². The summed E-state index contributed by atoms with van der Waals surface area (Å²) in [6.07, 6.45) is -0.706. The SMILES string of the molecule is CCOC(=O)Nc1cc(F)c(C)cc1C#N. The lowest BCUT2D eigenvalue weighted by Gasteiger charge is -2.08. The molecule has 0 radical (unpaired) electrons. The molecule has 0 saturated heterocycles. The van der Waals surface area contributed by atoms with Crippen molar-refractivity contribution in [3.8, 4) is 6.07 Å². The highest BCUT2D eigenvalue weighted by Crippen LogP contribution is 2.19. The van der Waals surface area contributed by atoms with Crippen LogP contribution >= 0.6 is 0 Å². The summed E-state index contributed by atoms with van der Waals surface area (Å²) in [5, 5.41) is 11.1. The first-order valence-electron chi connectivity index (χ1n) is 4.72. The highest BCUT2D eigenvalue weighted by Gasteiger charge is 2.10. The van der Waals surface area contributed by atoms with E-state index in [1.807, 2.05) is 6.07 Å². The van der Waals surface area contributed by atoms with Crippen LogP contribution in [0.3, 0.4) is 0 Å². The molecule has 0 aliphatic rings. The Bertz CT molecular complexity index is 452. The summed E-state index contributed by atoms with van der Waals surface area (Å²) in [6.45, 7) is 3.41. The van der Waals surface area contributed by atoms with E-state index < -0.39 is 11.9 Å². The Morgan fingerprint density at radius 1 is 1.62 bits per heavy atom. The van der Waals surface area contributed by atoms with Gasteiger partial charge in [0.1, 0.15) is 11.9 Å². The van der Waals surface area contributed by atoms with E-state index in [4.69, 9.17) is 5.26 Å². The van der Waals surface area contributed by atoms with Gasteiger partial charge in [0.15, 0.2) is 0 Å². The summed E-state index contributed by atoms with van der Waals surface area (Å²) in [4.78, 5) is 11.1. The molecule has 1 aromatic rings. The molecule has 0 heterocycles. The number of aryl methyl sites for hydroxylation is 1. The minimum absolute atomic E-state index is 0.115. The Morgan fingerprint density at radius 3 is 2.88 bits per heavy atom. The van der Waals surface area contributed by atoms with Gasteiger partial charge < -0.3 is 4.74 Å². The smallest absolute Gasteiger partial charge is 0.411 e. The fourth-order valence-corrected chi connectivity index (χ4v) is 1.15. The number of carbonyl (C=O) groups excluding carboxylic acids is 1. The van der Waals surface area contributed by atoms with E-state index >= 15 is 0 Å². The molecule has 0 atom stereocenters. The van der Waals surface area contributed by atoms with Crippen LogP contribution in [-0.4, -0.2) is 12.7 Å². The molecule has 16 heavy (non-hydrogen) atoms. The van der Waals surface area contributed by atoms with Gasteiger partial charge in [0.25, 0.3) is 0 Å². The van der Waals surface area contributed by atoms with Gasteiger partial charge in [-0.1, -0.05) is 0 Å². The average molecular weight is 222 g/mol. The van der Waals surface area contributed by atoms with E-state index in [1.165, 1.54) is 6.07 Å². The van der Waals surface area contributed by atoms with Gasteiger partial charge in [-0.15, -0.1) is 0 Å². The number of nitrogens with zero attached hydrogens (tertiary/aromatic N) is 1. The van der Waals surface area contributed by atoms with Gasteiger partial charge in [-0.3, -0.25) is 5.32 Å². The normalized spacial score (nSPS) is 9.38. The van der Waals surface area contributed by atoms with Crippen LogP contribution in [0.15, 0.2) is 12.1 Å². The maximum Gasteiger partial charge on any atom is 0.411 e. The molecule has 0 bridgehead atoms. The van der Waals surface area contributed by atoms with E-state index in [2.05, 4.69) is 10.1 Å². The summed E-state index contributed by atoms with van der Waals surface area (Å²) in [5.74, 6) is -0.481. The quantitative estimate of drug-likeness (QED) is 0.836. The van der Waals surface area contributed by atoms with Crippen LogP contribution in [0.2, 0.25) is 0 Å². The zero-order chi connectivity index (χ0) is 12.1. The van der Waals surface area contributed by atoms with Crippen molar-refractivity contribution < 1.29 is 13.9 Å². The number of hydrogen-bond donors (Lipinski definition) is 1. The molecule has 0 unspecified atom stereocenters. The number of ether oxygens (including phenoxy) is 1. The molecular weight excluding hydrogens is 211 g/mol. The van der Waals surface area contributed by atoms with Crippen molar-refractivity contribution in [3.63, 3.8) is 0 Å². The molecule has 0 aliphatic heterocycles. The first-order chi connectivity index (χ1) is 7.58. The highest BCUT2D eigenvalue weighted by atomic mass is 19.1. The van der Waals surface area contributed by atoms with Crippen LogP contribution in [0, 0.1) is 24.1 Å². The van der Waals surface area contributed by atoms with Gasteiger partial charge in [-0.05, 0) is 31.5 Å². The molecule has 1 aromatic carbocycles. The van der Waals surface area contributed by atoms with Crippen LogP contribution in [0.4, 0.5) is 14.9 Å². The van der Waals surface area contributed by atoms with Gasteiger partial charge in [0.2, 0.25) is 0 Å². The molecule has 1 N–H and O–H groups in total. The third-order valence-electron chi connectivity index (χ3n) is 1.93. The first-order valence-corrected chi connectivity index (χ1v) is 4.72. The highest BCUT2D eigenvalue weighted by molar-refractivity contribution is 5.86. The van der Waals surface area contributed by atoms with Gasteiger partial charge >= 0.3 is 6.09 Å². The minimum Gasteiger partial charge on any atom is -0.450 e. The predicted octanol–water partition coefficient (Wildman–Crippen LogP) is 2.57. The average Bonchev–Trinajstić information content (AvgIpc) is 2.23. The number of nitrogens with one attached hydrogen (secondary N) is 1. The lowest BCUT2D eigenvalue weighted by atomic mass is 10.1. The summed E-state index contributed by atoms with van der Waals surface area (Å²) in [6, 6.07) is 4.35. The topological polar surface area (TPSA) is 62.1 Å². The van der Waals surface area contributed by atoms with Crippen LogP contribution < -0.4 is 5.32 Å². The van der Waals surface area contributed by atoms with Crippen molar-refractivity contribution in [1.82, 2.24) is 0 Å². The Balaban J connectivity index is 3.00. The number of amides is 1. The molecular formula is C11H11FN2O2. The van der Waals surface area contributed by atoms with Crippen molar-refractivity contribution in [2.75, 3.05) is 11.9 Å². The Labute approximate surface area is 92.6 Å². The summed E-state index contributed by atoms with van der Waals surface area (Å²) in [5.41, 5.74) is 0.668. The Kier molecular flexibility index (Phi) is 3.84. The van der Waals surface area contributed by atoms with Crippen molar-refractivity contribution in [2.45, 2.75) is 13.8 Å². The number of halogens is 1. The van der Waals surface area contributed by atoms with E-state index in [9.17, 15) is 9.18 Å². The lowest BCUT2D eigenvalue weighted by molar-refractivity contribution is 0.168. The summed E-state index contributed by atoms with van der Waals surface area (Å²) < 4.78 is 17.9. The predicted molar refractivity (Wildman–Crippen MR) is 56.5 cm³/mol. The number of hydrogen-bond acceptors (Lipinski definition) is 3. The molecule has 5 heteroatoms. The van der Waals surface area contributed by atoms with Crippen LogP contribution in [0.25, 0.3) is 0 Å². The number of anilines is 1. The lowest BCUT2D eigenvalue weighted by Crippen LogP contribution is -2.14. The number of benzene rings is 1. The molecule has 0 saturated carbocycles. The molecule has 1 rings (SSSR count). The van der Waals surface area contributed by atoms with Gasteiger partial charge in [-0.2, -0.15) is 5.26 Å². The summed E-state index contributed by atoms with van der Waals surface area (Å²) in [7, 11) is 0. The van der Waals surface area contributed by atoms with Crippen molar-refractivity contribution in [1.29, 1.82) is 5.26 Å². The zero-order valence-electron chi connectivity index (χ0n) is 9.00. The molecule has 0 aromatic heterocycles. The van der Waals surface area contributed by atoms with Crippen molar-refractivity contribution >= 4 is 11.8 Å². The molecule has 1 amide bonds. The fourth-order valence-electron chi connectivity index (χ4n) is 1.15. The third-order valence-corrected chi connectivity index (χ3v) is 1.93. The van der Waals surface area contributed by atoms with Crippen molar-refractivity contribution in [2.24, 2.45) is 0 Å². The standard InChI is InChI=1S/C11H11FN2O2/c1-3-16-11(15)14-10-5-9(12)7(2)4-8(10)6-13/h4-5H,3H2,1-2H3,(H,14,15). The van der Waals surface area contributed by atoms with E-state index in [1.54, 1.807) is 13.8 Å². The van der Waals surface area contributed by atoms with Crippen LogP contribution in [-0.2, 0) is 4.74 Å². The molecule has 4 nitrogen and oxygen atoms in total. The van der Waals surface area contributed by atoms with E-state index in [0.29, 0.717) is 5.56 Å². The number of carbonyl (C=O) groups is 1. The third kappa shape index (κ3) is 2.70. The number of nitriles is 1. The van der Waals surface area contributed by atoms with Crippen LogP contribution in [0.1, 0.15) is 18.1 Å². The second-order valence-corrected chi connectivity index (χ2v) is 3.10. The van der Waals surface area contributed by atoms with Gasteiger partial charge in [0, 0.05) is 0 Å². The fraction of sp³-hybridized carbons (Fsp3) is 0.273. The maximum atomic E-state index is 13.2. The van der Waals surface area contributed by atoms with E-state index in [0.717, 1.165) is 6.07 Å². The second-order valence-electron chi connectivity index (χ2n) is 3.10. The molecule has 0 fully saturated rings. The van der Waals surface area contributed by atoms with Crippen molar-refractivity contribution in [3.05, 3.63) is 29.1 Å². The zero-order valence-corrected chi connectivity index (χ0v) is 9.00. The van der Waals surface area contributed by atoms with Crippen LogP contribution in [0.5, 0.6) is 0 Å². The first kappa shape index (κ1) is 12.0.